The number of likely N-dealkylation sites (N-methyl/N-ethyl adjacent to an activating group) is 1. The predicted molar refractivity (Wildman–Crippen MR) is 254 cm³/mol. The van der Waals surface area contributed by atoms with Crippen LogP contribution in [0.5, 0.6) is 5.75 Å². The second-order valence-electron chi connectivity index (χ2n) is 18.6. The molecule has 3 unspecified atom stereocenters. The Morgan fingerprint density at radius 1 is 0.955 bits per heavy atom. The Kier molecular flexibility index (Phi) is 20.6. The van der Waals surface area contributed by atoms with E-state index in [0.717, 1.165) is 50.6 Å². The Labute approximate surface area is 400 Å². The van der Waals surface area contributed by atoms with Crippen molar-refractivity contribution in [2.75, 3.05) is 66.3 Å². The third-order valence-corrected chi connectivity index (χ3v) is 14.2. The minimum absolute atomic E-state index is 0.00365. The molecule has 2 fully saturated rings. The van der Waals surface area contributed by atoms with Crippen molar-refractivity contribution in [3.8, 4) is 5.75 Å². The van der Waals surface area contributed by atoms with E-state index in [4.69, 9.17) is 29.7 Å². The standard InChI is InChI=1S/C48H76N8O10S/c1-8-17-56(46(61)41(31(6)10-3)51-44(60)38-13-11-12-18-55(38)7)39(30(4)5)26-40(65-19-9-2)45-50-37(29-67-45)43(59)52-48-27-35(34-25-32(57)14-15-33(34)36(48)28-48)42(58)53-54-47(62)66-24-23-64-22-21-63-20-16-49/h14-15,25,29-31,35-36,38-41,57H,8-13,16-24,26-28,49H2,1-7H3,(H,51,60)(H,52,59)(H,53,58)(H,54,62)/t31-,35+,36?,38+,39+,40?,41-,48?/m0/s1. The number of nitrogens with zero attached hydrogens (tertiary/aromatic N) is 3. The smallest absolute Gasteiger partial charge is 0.426 e. The lowest BCUT2D eigenvalue weighted by molar-refractivity contribution is -0.143. The Balaban J connectivity index is 1.27. The number of aromatic hydroxyl groups is 1. The number of carbonyl (C=O) groups excluding carboxylic acids is 5. The molecule has 0 radical (unpaired) electrons. The van der Waals surface area contributed by atoms with Crippen molar-refractivity contribution in [1.82, 2.24) is 36.3 Å². The molecular weight excluding hydrogens is 881 g/mol. The van der Waals surface area contributed by atoms with Crippen LogP contribution in [0.2, 0.25) is 0 Å². The molecule has 7 N–H and O–H groups in total. The van der Waals surface area contributed by atoms with E-state index in [1.165, 1.54) is 11.3 Å². The highest BCUT2D eigenvalue weighted by molar-refractivity contribution is 7.09. The summed E-state index contributed by atoms with van der Waals surface area (Å²) in [6.07, 6.45) is 4.85. The highest BCUT2D eigenvalue weighted by Gasteiger charge is 2.61. The third-order valence-electron chi connectivity index (χ3n) is 13.3. The molecule has 1 aromatic carbocycles. The average Bonchev–Trinajstić information content (AvgIpc) is 3.80. The maximum Gasteiger partial charge on any atom is 0.426 e. The first-order valence-corrected chi connectivity index (χ1v) is 25.2. The first-order chi connectivity index (χ1) is 32.2. The van der Waals surface area contributed by atoms with Gasteiger partial charge in [-0.15, -0.1) is 11.3 Å². The first-order valence-electron chi connectivity index (χ1n) is 24.3. The maximum absolute atomic E-state index is 14.8. The van der Waals surface area contributed by atoms with Gasteiger partial charge in [0.25, 0.3) is 5.91 Å². The zero-order valence-corrected chi connectivity index (χ0v) is 41.4. The summed E-state index contributed by atoms with van der Waals surface area (Å²) in [4.78, 5) is 77.6. The molecular formula is C48H76N8O10S. The number of hydrogen-bond acceptors (Lipinski definition) is 14. The van der Waals surface area contributed by atoms with Crippen molar-refractivity contribution in [3.05, 3.63) is 45.4 Å². The molecule has 374 valence electrons. The topological polar surface area (TPSA) is 236 Å². The van der Waals surface area contributed by atoms with E-state index >= 15 is 0 Å². The van der Waals surface area contributed by atoms with Crippen LogP contribution >= 0.6 is 11.3 Å². The maximum atomic E-state index is 14.8. The minimum atomic E-state index is -0.873. The van der Waals surface area contributed by atoms with E-state index in [-0.39, 0.29) is 72.7 Å². The number of aromatic nitrogens is 1. The number of nitrogens with one attached hydrogen (secondary N) is 4. The number of carbonyl (C=O) groups is 5. The van der Waals surface area contributed by atoms with Gasteiger partial charge < -0.3 is 45.3 Å². The molecule has 1 aliphatic heterocycles. The van der Waals surface area contributed by atoms with E-state index in [2.05, 4.69) is 40.2 Å². The number of hydrogen-bond donors (Lipinski definition) is 6. The van der Waals surface area contributed by atoms with Crippen LogP contribution in [0.25, 0.3) is 0 Å². The molecule has 2 aromatic rings. The molecule has 1 saturated heterocycles. The van der Waals surface area contributed by atoms with Crippen LogP contribution in [0.15, 0.2) is 23.6 Å². The summed E-state index contributed by atoms with van der Waals surface area (Å²) >= 11 is 1.33. The molecule has 2 aliphatic carbocycles. The Bertz CT molecular complexity index is 1950. The number of likely N-dealkylation sites (tertiary alicyclic amines) is 1. The van der Waals surface area contributed by atoms with E-state index in [9.17, 15) is 29.1 Å². The average molecular weight is 957 g/mol. The summed E-state index contributed by atoms with van der Waals surface area (Å²) in [6, 6.07) is 3.69. The Morgan fingerprint density at radius 3 is 2.39 bits per heavy atom. The van der Waals surface area contributed by atoms with Crippen molar-refractivity contribution in [1.29, 1.82) is 0 Å². The fourth-order valence-corrected chi connectivity index (χ4v) is 10.2. The van der Waals surface area contributed by atoms with Crippen LogP contribution in [0.1, 0.15) is 144 Å². The van der Waals surface area contributed by atoms with Gasteiger partial charge >= 0.3 is 6.09 Å². The monoisotopic (exact) mass is 957 g/mol. The number of ether oxygens (including phenoxy) is 4. The molecule has 1 saturated carbocycles. The fraction of sp³-hybridized carbons (Fsp3) is 0.708. The van der Waals surface area contributed by atoms with Crippen LogP contribution in [0, 0.1) is 11.8 Å². The summed E-state index contributed by atoms with van der Waals surface area (Å²) in [5, 5.41) is 19.1. The van der Waals surface area contributed by atoms with E-state index in [1.807, 2.05) is 39.6 Å². The van der Waals surface area contributed by atoms with Gasteiger partial charge in [-0.1, -0.05) is 60.5 Å². The van der Waals surface area contributed by atoms with Crippen LogP contribution in [0.4, 0.5) is 4.79 Å². The molecule has 8 atom stereocenters. The van der Waals surface area contributed by atoms with Gasteiger partial charge in [-0.3, -0.25) is 29.5 Å². The number of amides is 5. The quantitative estimate of drug-likeness (QED) is 0.0546. The van der Waals surface area contributed by atoms with Gasteiger partial charge in [-0.05, 0) is 87.2 Å². The number of phenols is 1. The molecule has 3 aliphatic rings. The zero-order valence-electron chi connectivity index (χ0n) is 40.6. The van der Waals surface area contributed by atoms with Crippen LogP contribution in [-0.2, 0) is 33.3 Å². The van der Waals surface area contributed by atoms with Crippen LogP contribution in [-0.4, -0.2) is 140 Å². The minimum Gasteiger partial charge on any atom is -0.508 e. The predicted octanol–water partition coefficient (Wildman–Crippen LogP) is 4.88. The van der Waals surface area contributed by atoms with Gasteiger partial charge in [0.1, 0.15) is 35.2 Å². The van der Waals surface area contributed by atoms with E-state index in [0.29, 0.717) is 62.9 Å². The Morgan fingerprint density at radius 2 is 1.70 bits per heavy atom. The lowest BCUT2D eigenvalue weighted by Gasteiger charge is -2.40. The largest absolute Gasteiger partial charge is 0.508 e. The lowest BCUT2D eigenvalue weighted by Crippen LogP contribution is -2.58. The van der Waals surface area contributed by atoms with Gasteiger partial charge in [0, 0.05) is 49.0 Å². The van der Waals surface area contributed by atoms with Gasteiger partial charge in [-0.2, -0.15) is 0 Å². The number of thiazole rings is 1. The van der Waals surface area contributed by atoms with Crippen molar-refractivity contribution in [2.24, 2.45) is 17.6 Å². The molecule has 2 heterocycles. The Hall–Kier alpha value is -4.40. The number of nitrogens with two attached hydrogens (primary N) is 1. The molecule has 5 amide bonds. The third kappa shape index (κ3) is 14.3. The number of hydrazine groups is 1. The number of piperidine rings is 1. The summed E-state index contributed by atoms with van der Waals surface area (Å²) in [5.74, 6) is -2.10. The first kappa shape index (κ1) is 53.6. The van der Waals surface area contributed by atoms with Gasteiger partial charge in [0.05, 0.1) is 38.4 Å². The number of rotatable bonds is 26. The fourth-order valence-electron chi connectivity index (χ4n) is 9.36. The number of fused-ring (bicyclic) bond motifs is 3. The summed E-state index contributed by atoms with van der Waals surface area (Å²) in [5.41, 5.74) is 11.0. The van der Waals surface area contributed by atoms with Gasteiger partial charge in [0.15, 0.2) is 0 Å². The van der Waals surface area contributed by atoms with Crippen molar-refractivity contribution in [3.63, 3.8) is 0 Å². The van der Waals surface area contributed by atoms with Gasteiger partial charge in [0.2, 0.25) is 17.7 Å². The molecule has 0 bridgehead atoms. The molecule has 0 spiro atoms. The molecule has 1 aromatic heterocycles. The van der Waals surface area contributed by atoms with Crippen LogP contribution < -0.4 is 27.2 Å². The second-order valence-corrected chi connectivity index (χ2v) is 19.5. The van der Waals surface area contributed by atoms with E-state index in [1.54, 1.807) is 23.6 Å². The molecule has 18 nitrogen and oxygen atoms in total. The van der Waals surface area contributed by atoms with Crippen LogP contribution in [0.3, 0.4) is 0 Å². The highest BCUT2D eigenvalue weighted by atomic mass is 32.1. The second kappa shape index (κ2) is 25.8. The molecule has 5 rings (SSSR count). The van der Waals surface area contributed by atoms with E-state index < -0.39 is 41.5 Å². The summed E-state index contributed by atoms with van der Waals surface area (Å²) in [7, 11) is 1.97. The molecule has 19 heteroatoms. The summed E-state index contributed by atoms with van der Waals surface area (Å²) in [6.45, 7) is 15.7. The van der Waals surface area contributed by atoms with Crippen molar-refractivity contribution >= 4 is 41.1 Å². The molecule has 67 heavy (non-hydrogen) atoms. The normalized spacial score (nSPS) is 21.8. The highest BCUT2D eigenvalue weighted by Crippen LogP contribution is 2.61. The van der Waals surface area contributed by atoms with Gasteiger partial charge in [-0.25, -0.2) is 15.2 Å². The lowest BCUT2D eigenvalue weighted by atomic mass is 9.79. The number of phenolic OH excluding ortho intramolecular Hbond substituents is 1. The number of benzene rings is 1. The summed E-state index contributed by atoms with van der Waals surface area (Å²) < 4.78 is 22.2. The van der Waals surface area contributed by atoms with Crippen molar-refractivity contribution < 1.29 is 48.0 Å². The SMILES string of the molecule is CCCOC(C[C@H](C(C)C)N(CCC)C(=O)[C@@H](NC(=O)[C@H]1CCCCN1C)[C@@H](C)CC)c1nc(C(=O)NC23CC2c2ccc(O)cc2[C@H](C(=O)NNC(=O)OCCOCCOCCN)C3)cs1. The van der Waals surface area contributed by atoms with Crippen molar-refractivity contribution in [2.45, 2.75) is 141 Å². The zero-order chi connectivity index (χ0) is 48.7.